The molecule has 0 spiro atoms. The Hall–Kier alpha value is -3.42. The van der Waals surface area contributed by atoms with Crippen molar-refractivity contribution >= 4 is 34.7 Å². The van der Waals surface area contributed by atoms with Gasteiger partial charge in [0.05, 0.1) is 11.9 Å². The number of nitrogens with one attached hydrogen (secondary N) is 2. The van der Waals surface area contributed by atoms with Gasteiger partial charge in [-0.25, -0.2) is 28.8 Å². The van der Waals surface area contributed by atoms with Gasteiger partial charge >= 0.3 is 0 Å². The topological polar surface area (TPSA) is 120 Å². The predicted octanol–water partition coefficient (Wildman–Crippen LogP) is 4.42. The van der Waals surface area contributed by atoms with E-state index in [0.29, 0.717) is 23.1 Å². The Bertz CT molecular complexity index is 1490. The first kappa shape index (κ1) is 30.2. The summed E-state index contributed by atoms with van der Waals surface area (Å²) in [5, 5.41) is 11.4. The smallest absolute Gasteiger partial charge is 0.225 e. The van der Waals surface area contributed by atoms with Crippen molar-refractivity contribution in [2.24, 2.45) is 11.7 Å². The van der Waals surface area contributed by atoms with Crippen LogP contribution in [-0.2, 0) is 4.79 Å². The molecule has 7 rings (SSSR count). The standard InChI is InChI=1S/C32H44F2N10O/c33-22-5-12-27(26(34)19-22)38-32-39-28-20-36-31(37-24-8-6-23(35)7-9-24)40-29(28)44(32)25-10-3-21(4-11-25)30(45)41-15-17-43(18-16-41)42-13-1-2-14-42/h5,12,19-21,23-25H,1-4,6-11,13-18,35H2,(H,38,39)(H,36,37,40). The summed E-state index contributed by atoms with van der Waals surface area (Å²) in [5.74, 6) is -0.129. The van der Waals surface area contributed by atoms with Crippen LogP contribution < -0.4 is 16.4 Å². The molecule has 0 atom stereocenters. The molecule has 242 valence electrons. The van der Waals surface area contributed by atoms with Crippen molar-refractivity contribution in [1.82, 2.24) is 34.4 Å². The molecule has 4 heterocycles. The molecule has 4 aliphatic rings. The second-order valence-corrected chi connectivity index (χ2v) is 13.2. The number of fused-ring (bicyclic) bond motifs is 1. The lowest BCUT2D eigenvalue weighted by molar-refractivity contribution is -0.141. The molecule has 2 aromatic heterocycles. The van der Waals surface area contributed by atoms with Crippen LogP contribution in [0.2, 0.25) is 0 Å². The lowest BCUT2D eigenvalue weighted by atomic mass is 9.85. The number of anilines is 3. The number of hydrogen-bond acceptors (Lipinski definition) is 9. The fourth-order valence-electron chi connectivity index (χ4n) is 7.57. The van der Waals surface area contributed by atoms with Crippen LogP contribution in [0.3, 0.4) is 0 Å². The number of carbonyl (C=O) groups is 1. The maximum absolute atomic E-state index is 14.7. The molecule has 3 aromatic rings. The van der Waals surface area contributed by atoms with Crippen LogP contribution in [0.5, 0.6) is 0 Å². The van der Waals surface area contributed by atoms with Gasteiger partial charge in [-0.05, 0) is 76.3 Å². The summed E-state index contributed by atoms with van der Waals surface area (Å²) >= 11 is 0. The van der Waals surface area contributed by atoms with E-state index in [-0.39, 0.29) is 35.6 Å². The van der Waals surface area contributed by atoms with E-state index in [1.807, 2.05) is 4.57 Å². The number of imidazole rings is 1. The Morgan fingerprint density at radius 1 is 0.867 bits per heavy atom. The van der Waals surface area contributed by atoms with Gasteiger partial charge in [0.25, 0.3) is 0 Å². The predicted molar refractivity (Wildman–Crippen MR) is 169 cm³/mol. The van der Waals surface area contributed by atoms with Gasteiger partial charge < -0.3 is 21.3 Å². The number of halogens is 2. The van der Waals surface area contributed by atoms with Crippen LogP contribution in [-0.4, -0.2) is 91.7 Å². The molecule has 4 N–H and O–H groups in total. The monoisotopic (exact) mass is 622 g/mol. The van der Waals surface area contributed by atoms with Crippen molar-refractivity contribution in [2.45, 2.75) is 82.3 Å². The highest BCUT2D eigenvalue weighted by atomic mass is 19.1. The first-order valence-electron chi connectivity index (χ1n) is 16.7. The molecule has 1 amide bonds. The Morgan fingerprint density at radius 3 is 2.29 bits per heavy atom. The molecule has 0 radical (unpaired) electrons. The summed E-state index contributed by atoms with van der Waals surface area (Å²) in [6, 6.07) is 3.96. The van der Waals surface area contributed by atoms with E-state index < -0.39 is 11.6 Å². The van der Waals surface area contributed by atoms with Gasteiger partial charge in [0.15, 0.2) is 5.65 Å². The fraction of sp³-hybridized carbons (Fsp3) is 0.625. The number of hydrazine groups is 1. The minimum absolute atomic E-state index is 0.00695. The molecule has 2 saturated carbocycles. The van der Waals surface area contributed by atoms with Crippen molar-refractivity contribution in [3.8, 4) is 0 Å². The van der Waals surface area contributed by atoms with Gasteiger partial charge in [-0.2, -0.15) is 4.98 Å². The number of rotatable bonds is 7. The highest BCUT2D eigenvalue weighted by molar-refractivity contribution is 5.79. The van der Waals surface area contributed by atoms with E-state index in [1.54, 1.807) is 6.20 Å². The van der Waals surface area contributed by atoms with Gasteiger partial charge in [-0.1, -0.05) is 0 Å². The van der Waals surface area contributed by atoms with Gasteiger partial charge in [-0.3, -0.25) is 9.36 Å². The summed E-state index contributed by atoms with van der Waals surface area (Å²) in [4.78, 5) is 29.8. The molecule has 13 heteroatoms. The van der Waals surface area contributed by atoms with E-state index >= 15 is 0 Å². The molecule has 2 aliphatic carbocycles. The Labute approximate surface area is 262 Å². The third-order valence-corrected chi connectivity index (χ3v) is 10.2. The third-order valence-electron chi connectivity index (χ3n) is 10.2. The molecule has 0 unspecified atom stereocenters. The maximum atomic E-state index is 14.7. The normalized spacial score (nSPS) is 26.8. The fourth-order valence-corrected chi connectivity index (χ4v) is 7.57. The van der Waals surface area contributed by atoms with Gasteiger partial charge in [-0.15, -0.1) is 0 Å². The van der Waals surface area contributed by atoms with Crippen molar-refractivity contribution in [2.75, 3.05) is 49.9 Å². The average Bonchev–Trinajstić information content (AvgIpc) is 3.72. The highest BCUT2D eigenvalue weighted by Crippen LogP contribution is 2.38. The zero-order chi connectivity index (χ0) is 30.9. The lowest BCUT2D eigenvalue weighted by Gasteiger charge is -2.41. The number of amides is 1. The first-order chi connectivity index (χ1) is 21.9. The maximum Gasteiger partial charge on any atom is 0.225 e. The van der Waals surface area contributed by atoms with Crippen LogP contribution in [0.25, 0.3) is 11.2 Å². The lowest BCUT2D eigenvalue weighted by Crippen LogP contribution is -2.55. The number of nitrogens with two attached hydrogens (primary N) is 1. The summed E-state index contributed by atoms with van der Waals surface area (Å²) < 4.78 is 30.4. The molecule has 1 aromatic carbocycles. The molecule has 45 heavy (non-hydrogen) atoms. The molecule has 0 bridgehead atoms. The van der Waals surface area contributed by atoms with Crippen LogP contribution >= 0.6 is 0 Å². The van der Waals surface area contributed by atoms with E-state index in [2.05, 4.69) is 30.5 Å². The number of aromatic nitrogens is 4. The summed E-state index contributed by atoms with van der Waals surface area (Å²) in [6.45, 7) is 5.62. The minimum Gasteiger partial charge on any atom is -0.351 e. The Morgan fingerprint density at radius 2 is 1.58 bits per heavy atom. The number of nitrogens with zero attached hydrogens (tertiary/aromatic N) is 7. The number of piperazine rings is 1. The van der Waals surface area contributed by atoms with Crippen molar-refractivity contribution in [3.63, 3.8) is 0 Å². The molecule has 2 saturated heterocycles. The highest BCUT2D eigenvalue weighted by Gasteiger charge is 2.34. The summed E-state index contributed by atoms with van der Waals surface area (Å²) in [5.41, 5.74) is 7.47. The van der Waals surface area contributed by atoms with Gasteiger partial charge in [0.2, 0.25) is 17.8 Å². The van der Waals surface area contributed by atoms with E-state index in [4.69, 9.17) is 15.7 Å². The largest absolute Gasteiger partial charge is 0.351 e. The van der Waals surface area contributed by atoms with E-state index in [9.17, 15) is 13.6 Å². The molecular weight excluding hydrogens is 578 g/mol. The number of hydrogen-bond donors (Lipinski definition) is 3. The second kappa shape index (κ2) is 13.1. The van der Waals surface area contributed by atoms with Crippen molar-refractivity contribution < 1.29 is 13.6 Å². The van der Waals surface area contributed by atoms with Crippen LogP contribution in [0.1, 0.15) is 70.3 Å². The third kappa shape index (κ3) is 6.61. The number of benzene rings is 1. The average molecular weight is 623 g/mol. The Kier molecular flexibility index (Phi) is 8.83. The molecule has 2 aliphatic heterocycles. The van der Waals surface area contributed by atoms with Crippen LogP contribution in [0.4, 0.5) is 26.4 Å². The van der Waals surface area contributed by atoms with E-state index in [0.717, 1.165) is 96.7 Å². The molecule has 11 nitrogen and oxygen atoms in total. The SMILES string of the molecule is NC1CCC(Nc2ncc3nc(Nc4ccc(F)cc4F)n(C4CCC(C(=O)N5CCN(N6CCCC6)CC5)CC4)c3n2)CC1. The van der Waals surface area contributed by atoms with Gasteiger partial charge in [0, 0.05) is 69.4 Å². The molecule has 4 fully saturated rings. The summed E-state index contributed by atoms with van der Waals surface area (Å²) in [7, 11) is 0. The zero-order valence-electron chi connectivity index (χ0n) is 25.8. The van der Waals surface area contributed by atoms with Gasteiger partial charge in [0.1, 0.15) is 17.2 Å². The van der Waals surface area contributed by atoms with Crippen LogP contribution in [0.15, 0.2) is 24.4 Å². The van der Waals surface area contributed by atoms with Crippen molar-refractivity contribution in [3.05, 3.63) is 36.0 Å². The first-order valence-corrected chi connectivity index (χ1v) is 16.7. The Balaban J connectivity index is 1.08. The summed E-state index contributed by atoms with van der Waals surface area (Å²) in [6.07, 6.45) is 11.1. The van der Waals surface area contributed by atoms with Crippen molar-refractivity contribution in [1.29, 1.82) is 0 Å². The molecular formula is C32H44F2N10O. The number of carbonyl (C=O) groups excluding carboxylic acids is 1. The minimum atomic E-state index is -0.698. The van der Waals surface area contributed by atoms with Crippen LogP contribution in [0, 0.1) is 17.6 Å². The van der Waals surface area contributed by atoms with E-state index in [1.165, 1.54) is 25.0 Å². The quantitative estimate of drug-likeness (QED) is 0.352. The zero-order valence-corrected chi connectivity index (χ0v) is 25.8. The second-order valence-electron chi connectivity index (χ2n) is 13.2.